The van der Waals surface area contributed by atoms with E-state index < -0.39 is 31.8 Å². The third-order valence-corrected chi connectivity index (χ3v) is 6.89. The number of hydrogen-bond donors (Lipinski definition) is 1. The number of piperidine rings is 1. The van der Waals surface area contributed by atoms with Crippen molar-refractivity contribution >= 4 is 27.5 Å². The molecule has 1 amide bonds. The van der Waals surface area contributed by atoms with Crippen molar-refractivity contribution in [3.05, 3.63) is 82.5 Å². The summed E-state index contributed by atoms with van der Waals surface area (Å²) in [7, 11) is -4.31. The molecule has 0 aliphatic carbocycles. The number of benzene rings is 2. The topological polar surface area (TPSA) is 103 Å². The predicted octanol–water partition coefficient (Wildman–Crippen LogP) is 4.47. The number of pyridine rings is 1. The van der Waals surface area contributed by atoms with E-state index in [-0.39, 0.29) is 28.8 Å². The molecule has 2 N–H and O–H groups in total. The van der Waals surface area contributed by atoms with Gasteiger partial charge in [0.15, 0.2) is 10.8 Å². The molecule has 2 aromatic carbocycles. The predicted molar refractivity (Wildman–Crippen MR) is 121 cm³/mol. The molecular formula is C23H20ClF2N3O4S. The van der Waals surface area contributed by atoms with Gasteiger partial charge in [-0.2, -0.15) is 0 Å². The van der Waals surface area contributed by atoms with Crippen LogP contribution in [0.5, 0.6) is 11.5 Å². The number of rotatable bonds is 5. The Morgan fingerprint density at radius 1 is 1.09 bits per heavy atom. The van der Waals surface area contributed by atoms with Crippen LogP contribution in [0, 0.1) is 11.6 Å². The third-order valence-electron chi connectivity index (χ3n) is 5.58. The van der Waals surface area contributed by atoms with E-state index >= 15 is 0 Å². The Kier molecular flexibility index (Phi) is 6.83. The highest BCUT2D eigenvalue weighted by atomic mass is 35.5. The molecule has 11 heteroatoms. The number of ether oxygens (including phenoxy) is 1. The van der Waals surface area contributed by atoms with Gasteiger partial charge in [-0.3, -0.25) is 4.79 Å². The maximum Gasteiger partial charge on any atom is 0.259 e. The number of hydrogen-bond acceptors (Lipinski definition) is 5. The van der Waals surface area contributed by atoms with Crippen molar-refractivity contribution in [3.8, 4) is 11.5 Å². The lowest BCUT2D eigenvalue weighted by Crippen LogP contribution is -2.38. The number of primary sulfonamides is 1. The molecule has 1 aromatic heterocycles. The lowest BCUT2D eigenvalue weighted by Gasteiger charge is -2.32. The van der Waals surface area contributed by atoms with Gasteiger partial charge in [-0.15, -0.1) is 0 Å². The molecule has 4 rings (SSSR count). The first-order valence-electron chi connectivity index (χ1n) is 10.3. The molecule has 1 aliphatic rings. The van der Waals surface area contributed by atoms with Gasteiger partial charge in [0.25, 0.3) is 15.9 Å². The number of amides is 1. The van der Waals surface area contributed by atoms with Gasteiger partial charge in [0.2, 0.25) is 0 Å². The smallest absolute Gasteiger partial charge is 0.259 e. The summed E-state index contributed by atoms with van der Waals surface area (Å²) >= 11 is 6.25. The van der Waals surface area contributed by atoms with Crippen LogP contribution in [0.3, 0.4) is 0 Å². The summed E-state index contributed by atoms with van der Waals surface area (Å²) < 4.78 is 56.3. The van der Waals surface area contributed by atoms with E-state index in [1.165, 1.54) is 30.3 Å². The van der Waals surface area contributed by atoms with Crippen LogP contribution in [0.15, 0.2) is 59.8 Å². The van der Waals surface area contributed by atoms with Gasteiger partial charge in [-0.1, -0.05) is 29.8 Å². The quantitative estimate of drug-likeness (QED) is 0.548. The molecule has 0 saturated carbocycles. The van der Waals surface area contributed by atoms with E-state index in [9.17, 15) is 22.0 Å². The van der Waals surface area contributed by atoms with E-state index in [0.717, 1.165) is 17.8 Å². The Balaban J connectivity index is 1.62. The standard InChI is InChI=1S/C23H20ClF2N3O4S/c24-20-21(33-18-3-1-2-17(26)12-18)19(13-28-22(20)34(27,31)32)23(30)29-10-8-15(9-11-29)14-4-6-16(25)7-5-14/h1-7,12-13,15H,8-11H2,(H2,27,31,32). The molecular weight excluding hydrogens is 488 g/mol. The summed E-state index contributed by atoms with van der Waals surface area (Å²) in [6, 6.07) is 11.4. The highest BCUT2D eigenvalue weighted by Crippen LogP contribution is 2.38. The van der Waals surface area contributed by atoms with Crippen molar-refractivity contribution < 1.29 is 26.7 Å². The SMILES string of the molecule is NS(=O)(=O)c1ncc(C(=O)N2CCC(c3ccc(F)cc3)CC2)c(Oc2cccc(F)c2)c1Cl. The maximum absolute atomic E-state index is 13.7. The summed E-state index contributed by atoms with van der Waals surface area (Å²) in [4.78, 5) is 18.7. The Hall–Kier alpha value is -3.08. The lowest BCUT2D eigenvalue weighted by molar-refractivity contribution is 0.0709. The van der Waals surface area contributed by atoms with Gasteiger partial charge < -0.3 is 9.64 Å². The molecule has 7 nitrogen and oxygen atoms in total. The second kappa shape index (κ2) is 9.65. The van der Waals surface area contributed by atoms with Crippen molar-refractivity contribution in [1.82, 2.24) is 9.88 Å². The molecule has 1 saturated heterocycles. The normalized spacial score (nSPS) is 14.8. The number of carbonyl (C=O) groups excluding carboxylic acids is 1. The largest absolute Gasteiger partial charge is 0.455 e. The first kappa shape index (κ1) is 24.1. The maximum atomic E-state index is 13.7. The molecule has 0 bridgehead atoms. The molecule has 0 spiro atoms. The van der Waals surface area contributed by atoms with E-state index in [2.05, 4.69) is 4.98 Å². The van der Waals surface area contributed by atoms with Crippen LogP contribution >= 0.6 is 11.6 Å². The Morgan fingerprint density at radius 3 is 2.38 bits per heavy atom. The summed E-state index contributed by atoms with van der Waals surface area (Å²) in [6.45, 7) is 0.795. The van der Waals surface area contributed by atoms with Gasteiger partial charge in [0.1, 0.15) is 28.0 Å². The summed E-state index contributed by atoms with van der Waals surface area (Å²) in [6.07, 6.45) is 2.33. The summed E-state index contributed by atoms with van der Waals surface area (Å²) in [5, 5.41) is 4.05. The van der Waals surface area contributed by atoms with Crippen LogP contribution in [-0.4, -0.2) is 37.3 Å². The highest BCUT2D eigenvalue weighted by Gasteiger charge is 2.30. The van der Waals surface area contributed by atoms with E-state index in [0.29, 0.717) is 25.9 Å². The fourth-order valence-corrected chi connectivity index (χ4v) is 4.93. The molecule has 0 atom stereocenters. The Bertz CT molecular complexity index is 1330. The summed E-state index contributed by atoms with van der Waals surface area (Å²) in [5.41, 5.74) is 0.910. The van der Waals surface area contributed by atoms with Gasteiger partial charge in [-0.25, -0.2) is 27.3 Å². The van der Waals surface area contributed by atoms with Gasteiger partial charge in [0.05, 0.1) is 0 Å². The van der Waals surface area contributed by atoms with Crippen LogP contribution in [0.1, 0.15) is 34.7 Å². The van der Waals surface area contributed by atoms with Gasteiger partial charge in [0, 0.05) is 25.4 Å². The monoisotopic (exact) mass is 507 g/mol. The highest BCUT2D eigenvalue weighted by molar-refractivity contribution is 7.89. The van der Waals surface area contributed by atoms with Crippen molar-refractivity contribution in [2.24, 2.45) is 5.14 Å². The molecule has 3 aromatic rings. The molecule has 2 heterocycles. The number of nitrogens with two attached hydrogens (primary N) is 1. The van der Waals surface area contributed by atoms with Crippen molar-refractivity contribution in [2.75, 3.05) is 13.1 Å². The van der Waals surface area contributed by atoms with Crippen LogP contribution in [0.2, 0.25) is 5.02 Å². The molecule has 0 unspecified atom stereocenters. The third kappa shape index (κ3) is 5.19. The zero-order valence-corrected chi connectivity index (χ0v) is 19.3. The van der Waals surface area contributed by atoms with Gasteiger partial charge >= 0.3 is 0 Å². The minimum atomic E-state index is -4.31. The summed E-state index contributed by atoms with van der Waals surface area (Å²) in [5.74, 6) is -1.48. The average Bonchev–Trinajstić information content (AvgIpc) is 2.80. The van der Waals surface area contributed by atoms with Crippen molar-refractivity contribution in [1.29, 1.82) is 0 Å². The molecule has 1 aliphatic heterocycles. The number of sulfonamides is 1. The first-order valence-corrected chi connectivity index (χ1v) is 12.3. The van der Waals surface area contributed by atoms with Crippen LogP contribution in [0.25, 0.3) is 0 Å². The van der Waals surface area contributed by atoms with Crippen LogP contribution < -0.4 is 9.88 Å². The second-order valence-corrected chi connectivity index (χ2v) is 9.70. The minimum Gasteiger partial charge on any atom is -0.455 e. The van der Waals surface area contributed by atoms with Crippen LogP contribution in [-0.2, 0) is 10.0 Å². The molecule has 0 radical (unpaired) electrons. The van der Waals surface area contributed by atoms with Gasteiger partial charge in [-0.05, 0) is 48.6 Å². The number of halogens is 3. The number of nitrogens with zero attached hydrogens (tertiary/aromatic N) is 2. The number of likely N-dealkylation sites (tertiary alicyclic amines) is 1. The number of carbonyl (C=O) groups is 1. The Morgan fingerprint density at radius 2 is 1.76 bits per heavy atom. The molecule has 34 heavy (non-hydrogen) atoms. The van der Waals surface area contributed by atoms with E-state index in [1.807, 2.05) is 0 Å². The zero-order valence-electron chi connectivity index (χ0n) is 17.7. The first-order chi connectivity index (χ1) is 16.1. The number of aromatic nitrogens is 1. The zero-order chi connectivity index (χ0) is 24.5. The van der Waals surface area contributed by atoms with Crippen LogP contribution in [0.4, 0.5) is 8.78 Å². The van der Waals surface area contributed by atoms with Crippen molar-refractivity contribution in [3.63, 3.8) is 0 Å². The minimum absolute atomic E-state index is 0.0116. The fraction of sp³-hybridized carbons (Fsp3) is 0.217. The lowest BCUT2D eigenvalue weighted by atomic mass is 9.89. The average molecular weight is 508 g/mol. The molecule has 178 valence electrons. The molecule has 1 fully saturated rings. The van der Waals surface area contributed by atoms with E-state index in [1.54, 1.807) is 17.0 Å². The fourth-order valence-electron chi connectivity index (χ4n) is 3.87. The van der Waals surface area contributed by atoms with E-state index in [4.69, 9.17) is 21.5 Å². The van der Waals surface area contributed by atoms with Crippen molar-refractivity contribution in [2.45, 2.75) is 23.8 Å². The Labute approximate surface area is 200 Å². The second-order valence-electron chi connectivity index (χ2n) is 7.84.